The smallest absolute Gasteiger partial charge is 0.119 e. The van der Waals surface area contributed by atoms with Gasteiger partial charge in [-0.1, -0.05) is 19.1 Å². The third-order valence-corrected chi connectivity index (χ3v) is 3.62. The van der Waals surface area contributed by atoms with Crippen LogP contribution in [0.4, 0.5) is 0 Å². The zero-order chi connectivity index (χ0) is 15.1. The highest BCUT2D eigenvalue weighted by molar-refractivity contribution is 9.10. The number of nitrogens with one attached hydrogen (secondary N) is 1. The average Bonchev–Trinajstić information content (AvgIpc) is 2.47. The number of aromatic nitrogens is 1. The highest BCUT2D eigenvalue weighted by Gasteiger charge is 2.02. The molecule has 4 heteroatoms. The Labute approximate surface area is 134 Å². The lowest BCUT2D eigenvalue weighted by Crippen LogP contribution is -2.27. The van der Waals surface area contributed by atoms with Crippen molar-refractivity contribution in [1.82, 2.24) is 10.3 Å². The summed E-state index contributed by atoms with van der Waals surface area (Å²) in [5.41, 5.74) is 2.37. The number of likely N-dealkylation sites (N-methyl/N-ethyl adjacent to an activating group) is 1. The van der Waals surface area contributed by atoms with Gasteiger partial charge in [0, 0.05) is 28.5 Å². The number of halogens is 1. The number of hydrogen-bond acceptors (Lipinski definition) is 3. The van der Waals surface area contributed by atoms with Crippen LogP contribution in [0.1, 0.15) is 25.0 Å². The van der Waals surface area contributed by atoms with E-state index >= 15 is 0 Å². The summed E-state index contributed by atoms with van der Waals surface area (Å²) in [4.78, 5) is 4.13. The molecule has 0 amide bonds. The topological polar surface area (TPSA) is 34.1 Å². The van der Waals surface area contributed by atoms with Gasteiger partial charge in [-0.05, 0) is 59.6 Å². The first-order valence-electron chi connectivity index (χ1n) is 7.22. The summed E-state index contributed by atoms with van der Waals surface area (Å²) in [7, 11) is 0. The van der Waals surface area contributed by atoms with Crippen molar-refractivity contribution in [3.63, 3.8) is 0 Å². The Kier molecular flexibility index (Phi) is 6.21. The fourth-order valence-corrected chi connectivity index (χ4v) is 2.61. The molecule has 0 fully saturated rings. The fourth-order valence-electron chi connectivity index (χ4n) is 2.20. The summed E-state index contributed by atoms with van der Waals surface area (Å²) in [6.07, 6.45) is 4.62. The van der Waals surface area contributed by atoms with E-state index in [0.717, 1.165) is 28.8 Å². The Morgan fingerprint density at radius 2 is 1.95 bits per heavy atom. The highest BCUT2D eigenvalue weighted by atomic mass is 79.9. The molecule has 2 rings (SSSR count). The number of rotatable bonds is 7. The summed E-state index contributed by atoms with van der Waals surface area (Å²) >= 11 is 3.41. The lowest BCUT2D eigenvalue weighted by atomic mass is 10.1. The van der Waals surface area contributed by atoms with Crippen molar-refractivity contribution in [2.75, 3.05) is 6.54 Å². The number of nitrogens with zero attached hydrogens (tertiary/aromatic N) is 1. The summed E-state index contributed by atoms with van der Waals surface area (Å²) in [6.45, 7) is 5.86. The van der Waals surface area contributed by atoms with E-state index in [2.05, 4.69) is 52.2 Å². The summed E-state index contributed by atoms with van der Waals surface area (Å²) in [5.74, 6) is 0.884. The van der Waals surface area contributed by atoms with Crippen LogP contribution >= 0.6 is 15.9 Å². The predicted molar refractivity (Wildman–Crippen MR) is 89.6 cm³/mol. The maximum absolute atomic E-state index is 5.78. The molecule has 0 bridgehead atoms. The largest absolute Gasteiger partial charge is 0.489 e. The van der Waals surface area contributed by atoms with Gasteiger partial charge in [0.2, 0.25) is 0 Å². The van der Waals surface area contributed by atoms with Gasteiger partial charge in [0.05, 0.1) is 0 Å². The van der Waals surface area contributed by atoms with Gasteiger partial charge in [-0.15, -0.1) is 0 Å². The maximum Gasteiger partial charge on any atom is 0.119 e. The van der Waals surface area contributed by atoms with Gasteiger partial charge < -0.3 is 10.1 Å². The fraction of sp³-hybridized carbons (Fsp3) is 0.353. The van der Waals surface area contributed by atoms with Gasteiger partial charge in [0.25, 0.3) is 0 Å². The molecule has 1 aromatic carbocycles. The summed E-state index contributed by atoms with van der Waals surface area (Å²) in [5, 5.41) is 3.42. The van der Waals surface area contributed by atoms with E-state index in [9.17, 15) is 0 Å². The lowest BCUT2D eigenvalue weighted by Gasteiger charge is -2.12. The molecular weight excluding hydrogens is 328 g/mol. The van der Waals surface area contributed by atoms with Gasteiger partial charge in [0.15, 0.2) is 0 Å². The first-order valence-corrected chi connectivity index (χ1v) is 8.01. The predicted octanol–water partition coefficient (Wildman–Crippen LogP) is 3.96. The van der Waals surface area contributed by atoms with E-state index in [1.54, 1.807) is 6.20 Å². The molecule has 0 radical (unpaired) electrons. The Bertz CT molecular complexity index is 557. The molecule has 0 saturated heterocycles. The van der Waals surface area contributed by atoms with E-state index in [4.69, 9.17) is 4.74 Å². The maximum atomic E-state index is 5.78. The van der Waals surface area contributed by atoms with Gasteiger partial charge in [0.1, 0.15) is 12.4 Å². The Morgan fingerprint density at radius 3 is 2.62 bits per heavy atom. The van der Waals surface area contributed by atoms with Crippen molar-refractivity contribution in [2.45, 2.75) is 32.9 Å². The quantitative estimate of drug-likeness (QED) is 0.822. The molecule has 0 aliphatic rings. The molecule has 2 aromatic rings. The van der Waals surface area contributed by atoms with Crippen molar-refractivity contribution >= 4 is 15.9 Å². The standard InChI is InChI=1S/C17H21BrN2O/c1-3-20-13(2)8-14-4-6-17(7-5-14)21-12-15-9-16(18)11-19-10-15/h4-7,9-11,13,20H,3,8,12H2,1-2H3. The third kappa shape index (κ3) is 5.48. The van der Waals surface area contributed by atoms with Crippen LogP contribution < -0.4 is 10.1 Å². The second kappa shape index (κ2) is 8.15. The first-order chi connectivity index (χ1) is 10.2. The molecule has 1 heterocycles. The molecule has 112 valence electrons. The average molecular weight is 349 g/mol. The third-order valence-electron chi connectivity index (χ3n) is 3.18. The van der Waals surface area contributed by atoms with Crippen LogP contribution in [-0.4, -0.2) is 17.6 Å². The normalized spacial score (nSPS) is 12.1. The van der Waals surface area contributed by atoms with Crippen molar-refractivity contribution in [2.24, 2.45) is 0 Å². The minimum atomic E-state index is 0.495. The molecule has 21 heavy (non-hydrogen) atoms. The van der Waals surface area contributed by atoms with E-state index in [-0.39, 0.29) is 0 Å². The van der Waals surface area contributed by atoms with E-state index in [0.29, 0.717) is 12.6 Å². The van der Waals surface area contributed by atoms with E-state index < -0.39 is 0 Å². The van der Waals surface area contributed by atoms with E-state index in [1.165, 1.54) is 5.56 Å². The SMILES string of the molecule is CCNC(C)Cc1ccc(OCc2cncc(Br)c2)cc1. The molecule has 1 N–H and O–H groups in total. The van der Waals surface area contributed by atoms with Crippen LogP contribution in [0, 0.1) is 0 Å². The zero-order valence-electron chi connectivity index (χ0n) is 12.5. The van der Waals surface area contributed by atoms with Crippen molar-refractivity contribution in [3.05, 3.63) is 58.3 Å². The van der Waals surface area contributed by atoms with Crippen LogP contribution in [0.2, 0.25) is 0 Å². The Hall–Kier alpha value is -1.39. The molecule has 0 aliphatic carbocycles. The molecule has 0 aliphatic heterocycles. The summed E-state index contributed by atoms with van der Waals surface area (Å²) in [6, 6.07) is 10.8. The molecule has 3 nitrogen and oxygen atoms in total. The molecule has 1 atom stereocenters. The van der Waals surface area contributed by atoms with Crippen LogP contribution in [0.25, 0.3) is 0 Å². The lowest BCUT2D eigenvalue weighted by molar-refractivity contribution is 0.305. The molecule has 1 unspecified atom stereocenters. The molecule has 0 spiro atoms. The minimum absolute atomic E-state index is 0.495. The monoisotopic (exact) mass is 348 g/mol. The first kappa shape index (κ1) is 16.0. The molecule has 0 saturated carbocycles. The van der Waals surface area contributed by atoms with Crippen LogP contribution in [0.15, 0.2) is 47.2 Å². The summed E-state index contributed by atoms with van der Waals surface area (Å²) < 4.78 is 6.75. The molecule has 1 aromatic heterocycles. The second-order valence-electron chi connectivity index (χ2n) is 5.11. The molecular formula is C17H21BrN2O. The van der Waals surface area contributed by atoms with Crippen LogP contribution in [0.5, 0.6) is 5.75 Å². The van der Waals surface area contributed by atoms with Gasteiger partial charge in [-0.2, -0.15) is 0 Å². The number of ether oxygens (including phenoxy) is 1. The van der Waals surface area contributed by atoms with Gasteiger partial charge >= 0.3 is 0 Å². The number of benzene rings is 1. The van der Waals surface area contributed by atoms with Crippen molar-refractivity contribution in [1.29, 1.82) is 0 Å². The van der Waals surface area contributed by atoms with Crippen LogP contribution in [0.3, 0.4) is 0 Å². The number of hydrogen-bond donors (Lipinski definition) is 1. The Balaban J connectivity index is 1.87. The Morgan fingerprint density at radius 1 is 1.19 bits per heavy atom. The zero-order valence-corrected chi connectivity index (χ0v) is 14.1. The number of pyridine rings is 1. The van der Waals surface area contributed by atoms with Crippen molar-refractivity contribution in [3.8, 4) is 5.75 Å². The van der Waals surface area contributed by atoms with Gasteiger partial charge in [-0.3, -0.25) is 4.98 Å². The van der Waals surface area contributed by atoms with Gasteiger partial charge in [-0.25, -0.2) is 0 Å². The second-order valence-corrected chi connectivity index (χ2v) is 6.02. The minimum Gasteiger partial charge on any atom is -0.489 e. The highest BCUT2D eigenvalue weighted by Crippen LogP contribution is 2.16. The van der Waals surface area contributed by atoms with Crippen molar-refractivity contribution < 1.29 is 4.74 Å². The van der Waals surface area contributed by atoms with E-state index in [1.807, 2.05) is 24.4 Å². The van der Waals surface area contributed by atoms with Crippen LogP contribution in [-0.2, 0) is 13.0 Å².